The quantitative estimate of drug-likeness (QED) is 0.848. The van der Waals surface area contributed by atoms with Crippen molar-refractivity contribution in [2.75, 3.05) is 31.5 Å². The number of hydrogen-bond acceptors (Lipinski definition) is 4. The second-order valence-electron chi connectivity index (χ2n) is 6.43. The average Bonchev–Trinajstić information content (AvgIpc) is 2.68. The van der Waals surface area contributed by atoms with Crippen molar-refractivity contribution in [3.8, 4) is 0 Å². The lowest BCUT2D eigenvalue weighted by atomic mass is 10.2. The number of nitrogens with zero attached hydrogens (tertiary/aromatic N) is 2. The van der Waals surface area contributed by atoms with Crippen molar-refractivity contribution in [2.24, 2.45) is 0 Å². The van der Waals surface area contributed by atoms with Gasteiger partial charge >= 0.3 is 0 Å². The van der Waals surface area contributed by atoms with Crippen molar-refractivity contribution in [1.29, 1.82) is 0 Å². The Hall–Kier alpha value is -2.29. The number of piperazine rings is 1. The molecule has 1 heterocycles. The van der Waals surface area contributed by atoms with Gasteiger partial charge in [0.15, 0.2) is 0 Å². The highest BCUT2D eigenvalue weighted by Gasteiger charge is 2.31. The van der Waals surface area contributed by atoms with Gasteiger partial charge in [-0.1, -0.05) is 24.3 Å². The van der Waals surface area contributed by atoms with E-state index >= 15 is 0 Å². The largest absolute Gasteiger partial charge is 0.325 e. The number of hydrogen-bond donors (Lipinski definition) is 1. The summed E-state index contributed by atoms with van der Waals surface area (Å²) in [6.07, 6.45) is 0. The average molecular weight is 391 g/mol. The van der Waals surface area contributed by atoms with Crippen LogP contribution in [0, 0.1) is 5.82 Å². The molecule has 1 aliphatic rings. The van der Waals surface area contributed by atoms with Gasteiger partial charge in [-0.3, -0.25) is 9.69 Å². The number of carbonyl (C=O) groups is 1. The summed E-state index contributed by atoms with van der Waals surface area (Å²) in [4.78, 5) is 14.3. The van der Waals surface area contributed by atoms with Gasteiger partial charge in [0.1, 0.15) is 5.82 Å². The molecule has 1 amide bonds. The molecule has 0 spiro atoms. The molecular weight excluding hydrogens is 369 g/mol. The second-order valence-corrected chi connectivity index (χ2v) is 8.37. The zero-order valence-electron chi connectivity index (χ0n) is 15.0. The summed E-state index contributed by atoms with van der Waals surface area (Å²) >= 11 is 0. The summed E-state index contributed by atoms with van der Waals surface area (Å²) in [6.45, 7) is 3.16. The summed E-state index contributed by atoms with van der Waals surface area (Å²) in [5.41, 5.74) is 0.724. The Kier molecular flexibility index (Phi) is 5.88. The van der Waals surface area contributed by atoms with Crippen molar-refractivity contribution in [3.05, 3.63) is 60.4 Å². The molecular formula is C19H22FN3O3S. The fraction of sp³-hybridized carbons (Fsp3) is 0.316. The van der Waals surface area contributed by atoms with E-state index in [4.69, 9.17) is 0 Å². The van der Waals surface area contributed by atoms with Crippen LogP contribution in [0.1, 0.15) is 6.92 Å². The molecule has 1 N–H and O–H groups in total. The molecule has 2 aromatic carbocycles. The molecule has 1 fully saturated rings. The third kappa shape index (κ3) is 4.52. The van der Waals surface area contributed by atoms with Gasteiger partial charge in [-0.25, -0.2) is 12.8 Å². The smallest absolute Gasteiger partial charge is 0.243 e. The topological polar surface area (TPSA) is 69.7 Å². The Bertz CT molecular complexity index is 897. The van der Waals surface area contributed by atoms with Gasteiger partial charge < -0.3 is 5.32 Å². The first kappa shape index (κ1) is 19.5. The number of sulfonamides is 1. The molecule has 144 valence electrons. The minimum atomic E-state index is -3.74. The summed E-state index contributed by atoms with van der Waals surface area (Å²) in [6, 6.07) is 13.8. The van der Waals surface area contributed by atoms with Crippen molar-refractivity contribution >= 4 is 21.6 Å². The van der Waals surface area contributed by atoms with Crippen LogP contribution >= 0.6 is 0 Å². The SMILES string of the molecule is C[C@@H](C(=O)Nc1ccccc1)N1CCN(S(=O)(=O)c2cccc(F)c2)CC1. The van der Waals surface area contributed by atoms with E-state index in [9.17, 15) is 17.6 Å². The summed E-state index contributed by atoms with van der Waals surface area (Å²) in [7, 11) is -3.74. The molecule has 6 nitrogen and oxygen atoms in total. The highest BCUT2D eigenvalue weighted by molar-refractivity contribution is 7.89. The molecule has 2 aromatic rings. The van der Waals surface area contributed by atoms with Crippen LogP contribution in [0.5, 0.6) is 0 Å². The molecule has 8 heteroatoms. The number of benzene rings is 2. The minimum absolute atomic E-state index is 0.0502. The molecule has 1 atom stereocenters. The van der Waals surface area contributed by atoms with E-state index in [-0.39, 0.29) is 29.9 Å². The van der Waals surface area contributed by atoms with E-state index < -0.39 is 15.8 Å². The van der Waals surface area contributed by atoms with Gasteiger partial charge in [0.05, 0.1) is 10.9 Å². The lowest BCUT2D eigenvalue weighted by Gasteiger charge is -2.36. The number of halogens is 1. The highest BCUT2D eigenvalue weighted by atomic mass is 32.2. The maximum absolute atomic E-state index is 13.4. The normalized spacial score (nSPS) is 17.4. The summed E-state index contributed by atoms with van der Waals surface area (Å²) < 4.78 is 40.0. The van der Waals surface area contributed by atoms with Crippen LogP contribution < -0.4 is 5.32 Å². The van der Waals surface area contributed by atoms with Crippen LogP contribution in [0.4, 0.5) is 10.1 Å². The molecule has 0 aromatic heterocycles. The first-order chi connectivity index (χ1) is 12.9. The fourth-order valence-electron chi connectivity index (χ4n) is 3.04. The van der Waals surface area contributed by atoms with E-state index in [1.54, 1.807) is 6.92 Å². The number of carbonyl (C=O) groups excluding carboxylic acids is 1. The van der Waals surface area contributed by atoms with Crippen LogP contribution in [0.15, 0.2) is 59.5 Å². The van der Waals surface area contributed by atoms with Crippen LogP contribution in [-0.4, -0.2) is 55.8 Å². The number of rotatable bonds is 5. The van der Waals surface area contributed by atoms with Gasteiger partial charge in [0, 0.05) is 31.9 Å². The van der Waals surface area contributed by atoms with E-state index in [0.717, 1.165) is 11.8 Å². The minimum Gasteiger partial charge on any atom is -0.325 e. The molecule has 0 radical (unpaired) electrons. The third-order valence-electron chi connectivity index (χ3n) is 4.68. The fourth-order valence-corrected chi connectivity index (χ4v) is 4.50. The van der Waals surface area contributed by atoms with Gasteiger partial charge in [-0.15, -0.1) is 0 Å². The van der Waals surface area contributed by atoms with Crippen molar-refractivity contribution < 1.29 is 17.6 Å². The molecule has 1 saturated heterocycles. The Morgan fingerprint density at radius 1 is 1.04 bits per heavy atom. The predicted molar refractivity (Wildman–Crippen MR) is 101 cm³/mol. The highest BCUT2D eigenvalue weighted by Crippen LogP contribution is 2.19. The van der Waals surface area contributed by atoms with Gasteiger partial charge in [0.2, 0.25) is 15.9 Å². The maximum Gasteiger partial charge on any atom is 0.243 e. The lowest BCUT2D eigenvalue weighted by molar-refractivity contribution is -0.121. The maximum atomic E-state index is 13.4. The molecule has 0 bridgehead atoms. The Morgan fingerprint density at radius 2 is 1.70 bits per heavy atom. The predicted octanol–water partition coefficient (Wildman–Crippen LogP) is 2.16. The van der Waals surface area contributed by atoms with Crippen LogP contribution in [0.25, 0.3) is 0 Å². The van der Waals surface area contributed by atoms with Crippen LogP contribution in [-0.2, 0) is 14.8 Å². The van der Waals surface area contributed by atoms with Crippen molar-refractivity contribution in [2.45, 2.75) is 17.9 Å². The number of para-hydroxylation sites is 1. The third-order valence-corrected chi connectivity index (χ3v) is 6.57. The number of amides is 1. The van der Waals surface area contributed by atoms with E-state index in [2.05, 4.69) is 5.32 Å². The van der Waals surface area contributed by atoms with Gasteiger partial charge in [0.25, 0.3) is 0 Å². The monoisotopic (exact) mass is 391 g/mol. The zero-order chi connectivity index (χ0) is 19.4. The van der Waals surface area contributed by atoms with Crippen LogP contribution in [0.3, 0.4) is 0 Å². The Morgan fingerprint density at radius 3 is 2.33 bits per heavy atom. The molecule has 0 aliphatic carbocycles. The summed E-state index contributed by atoms with van der Waals surface area (Å²) in [5.74, 6) is -0.719. The molecule has 0 unspecified atom stereocenters. The van der Waals surface area contributed by atoms with Crippen LogP contribution in [0.2, 0.25) is 0 Å². The Balaban J connectivity index is 1.60. The summed E-state index contributed by atoms with van der Waals surface area (Å²) in [5, 5.41) is 2.86. The number of anilines is 1. The number of nitrogens with one attached hydrogen (secondary N) is 1. The van der Waals surface area contributed by atoms with Crippen molar-refractivity contribution in [1.82, 2.24) is 9.21 Å². The molecule has 0 saturated carbocycles. The van der Waals surface area contributed by atoms with Gasteiger partial charge in [-0.05, 0) is 37.3 Å². The molecule has 3 rings (SSSR count). The standard InChI is InChI=1S/C19H22FN3O3S/c1-15(19(24)21-17-7-3-2-4-8-17)22-10-12-23(13-11-22)27(25,26)18-9-5-6-16(20)14-18/h2-9,14-15H,10-13H2,1H3,(H,21,24)/t15-/m0/s1. The zero-order valence-corrected chi connectivity index (χ0v) is 15.8. The first-order valence-corrected chi connectivity index (χ1v) is 10.2. The van der Waals surface area contributed by atoms with E-state index in [0.29, 0.717) is 13.1 Å². The van der Waals surface area contributed by atoms with E-state index in [1.165, 1.54) is 22.5 Å². The molecule has 1 aliphatic heterocycles. The first-order valence-electron chi connectivity index (χ1n) is 8.73. The molecule has 27 heavy (non-hydrogen) atoms. The second kappa shape index (κ2) is 8.16. The van der Waals surface area contributed by atoms with Gasteiger partial charge in [-0.2, -0.15) is 4.31 Å². The lowest BCUT2D eigenvalue weighted by Crippen LogP contribution is -2.53. The Labute approximate surface area is 158 Å². The van der Waals surface area contributed by atoms with Crippen molar-refractivity contribution in [3.63, 3.8) is 0 Å². The van der Waals surface area contributed by atoms with E-state index in [1.807, 2.05) is 35.2 Å².